The lowest BCUT2D eigenvalue weighted by Gasteiger charge is -2.08. The highest BCUT2D eigenvalue weighted by molar-refractivity contribution is 6.05. The quantitative estimate of drug-likeness (QED) is 0.764. The first kappa shape index (κ1) is 13.8. The highest BCUT2D eigenvalue weighted by atomic mass is 16.1. The fourth-order valence-electron chi connectivity index (χ4n) is 2.56. The molecule has 4 rings (SSSR count). The molecule has 1 saturated carbocycles. The number of pyridine rings is 1. The second-order valence-corrected chi connectivity index (χ2v) is 5.86. The number of nitrogens with one attached hydrogen (secondary N) is 2. The van der Waals surface area contributed by atoms with E-state index in [0.29, 0.717) is 11.6 Å². The standard InChI is InChI=1S/C19H17N3O/c23-19(15-9-10-20-18(12-15)21-16-7-8-16)22-17-6-5-13-3-1-2-4-14(13)11-17/h1-6,9-12,16H,7-8H2,(H,20,21)(H,22,23). The zero-order valence-electron chi connectivity index (χ0n) is 12.6. The monoisotopic (exact) mass is 303 g/mol. The third-order valence-electron chi connectivity index (χ3n) is 3.96. The Morgan fingerprint density at radius 1 is 1.00 bits per heavy atom. The largest absolute Gasteiger partial charge is 0.367 e. The molecule has 0 radical (unpaired) electrons. The number of rotatable bonds is 4. The maximum atomic E-state index is 12.4. The molecule has 4 heteroatoms. The van der Waals surface area contributed by atoms with Crippen LogP contribution in [0.5, 0.6) is 0 Å². The molecule has 1 amide bonds. The van der Waals surface area contributed by atoms with E-state index in [1.165, 1.54) is 12.8 Å². The van der Waals surface area contributed by atoms with Crippen LogP contribution in [0.2, 0.25) is 0 Å². The molecule has 0 saturated heterocycles. The lowest BCUT2D eigenvalue weighted by molar-refractivity contribution is 0.102. The van der Waals surface area contributed by atoms with Crippen LogP contribution in [0.1, 0.15) is 23.2 Å². The molecule has 114 valence electrons. The Labute approximate surface area is 134 Å². The van der Waals surface area contributed by atoms with Gasteiger partial charge in [-0.2, -0.15) is 0 Å². The summed E-state index contributed by atoms with van der Waals surface area (Å²) in [6, 6.07) is 18.1. The van der Waals surface area contributed by atoms with Crippen LogP contribution in [0, 0.1) is 0 Å². The number of anilines is 2. The summed E-state index contributed by atoms with van der Waals surface area (Å²) in [5.74, 6) is 0.639. The second kappa shape index (κ2) is 5.72. The van der Waals surface area contributed by atoms with Crippen molar-refractivity contribution in [2.45, 2.75) is 18.9 Å². The molecule has 0 unspecified atom stereocenters. The van der Waals surface area contributed by atoms with Crippen LogP contribution in [-0.4, -0.2) is 16.9 Å². The van der Waals surface area contributed by atoms with Crippen molar-refractivity contribution in [1.82, 2.24) is 4.98 Å². The molecule has 1 aromatic heterocycles. The van der Waals surface area contributed by atoms with Crippen LogP contribution < -0.4 is 10.6 Å². The Kier molecular flexibility index (Phi) is 3.42. The van der Waals surface area contributed by atoms with E-state index < -0.39 is 0 Å². The lowest BCUT2D eigenvalue weighted by atomic mass is 10.1. The van der Waals surface area contributed by atoms with Crippen molar-refractivity contribution >= 4 is 28.2 Å². The van der Waals surface area contributed by atoms with Crippen molar-refractivity contribution in [2.75, 3.05) is 10.6 Å². The molecular weight excluding hydrogens is 286 g/mol. The van der Waals surface area contributed by atoms with Crippen molar-refractivity contribution in [2.24, 2.45) is 0 Å². The summed E-state index contributed by atoms with van der Waals surface area (Å²) in [4.78, 5) is 16.7. The van der Waals surface area contributed by atoms with E-state index in [2.05, 4.69) is 21.7 Å². The van der Waals surface area contributed by atoms with Crippen molar-refractivity contribution in [3.8, 4) is 0 Å². The van der Waals surface area contributed by atoms with Gasteiger partial charge in [0.1, 0.15) is 5.82 Å². The van der Waals surface area contributed by atoms with E-state index in [1.54, 1.807) is 18.3 Å². The fourth-order valence-corrected chi connectivity index (χ4v) is 2.56. The van der Waals surface area contributed by atoms with Crippen molar-refractivity contribution in [3.05, 3.63) is 66.4 Å². The van der Waals surface area contributed by atoms with Crippen molar-refractivity contribution in [3.63, 3.8) is 0 Å². The zero-order chi connectivity index (χ0) is 15.6. The molecule has 1 aliphatic rings. The molecule has 0 bridgehead atoms. The first-order valence-corrected chi connectivity index (χ1v) is 7.81. The number of hydrogen-bond acceptors (Lipinski definition) is 3. The summed E-state index contributed by atoms with van der Waals surface area (Å²) >= 11 is 0. The molecule has 0 atom stereocenters. The molecule has 4 nitrogen and oxygen atoms in total. The van der Waals surface area contributed by atoms with Gasteiger partial charge < -0.3 is 10.6 Å². The summed E-state index contributed by atoms with van der Waals surface area (Å²) in [5, 5.41) is 8.53. The predicted octanol–water partition coefficient (Wildman–Crippen LogP) is 4.06. The average molecular weight is 303 g/mol. The maximum Gasteiger partial charge on any atom is 0.255 e. The summed E-state index contributed by atoms with van der Waals surface area (Å²) in [5.41, 5.74) is 1.40. The van der Waals surface area contributed by atoms with Crippen LogP contribution in [0.15, 0.2) is 60.8 Å². The summed E-state index contributed by atoms with van der Waals surface area (Å²) in [7, 11) is 0. The number of amides is 1. The van der Waals surface area contributed by atoms with E-state index in [-0.39, 0.29) is 5.91 Å². The third kappa shape index (κ3) is 3.16. The number of carbonyl (C=O) groups is 1. The number of fused-ring (bicyclic) bond motifs is 1. The topological polar surface area (TPSA) is 54.0 Å². The van der Waals surface area contributed by atoms with Gasteiger partial charge in [0.2, 0.25) is 0 Å². The van der Waals surface area contributed by atoms with Gasteiger partial charge in [0.25, 0.3) is 5.91 Å². The smallest absolute Gasteiger partial charge is 0.255 e. The van der Waals surface area contributed by atoms with Gasteiger partial charge in [-0.3, -0.25) is 4.79 Å². The number of aromatic nitrogens is 1. The molecule has 1 aliphatic carbocycles. The van der Waals surface area contributed by atoms with E-state index >= 15 is 0 Å². The van der Waals surface area contributed by atoms with Gasteiger partial charge in [-0.15, -0.1) is 0 Å². The number of nitrogens with zero attached hydrogens (tertiary/aromatic N) is 1. The molecule has 3 aromatic rings. The van der Waals surface area contributed by atoms with Crippen LogP contribution in [-0.2, 0) is 0 Å². The van der Waals surface area contributed by atoms with Gasteiger partial charge in [-0.1, -0.05) is 30.3 Å². The molecule has 2 aromatic carbocycles. The van der Waals surface area contributed by atoms with Crippen molar-refractivity contribution in [1.29, 1.82) is 0 Å². The number of hydrogen-bond donors (Lipinski definition) is 2. The Morgan fingerprint density at radius 2 is 1.83 bits per heavy atom. The Balaban J connectivity index is 1.53. The van der Waals surface area contributed by atoms with E-state index in [4.69, 9.17) is 0 Å². The zero-order valence-corrected chi connectivity index (χ0v) is 12.6. The van der Waals surface area contributed by atoms with Gasteiger partial charge in [0, 0.05) is 23.5 Å². The molecule has 0 spiro atoms. The van der Waals surface area contributed by atoms with Gasteiger partial charge in [0.05, 0.1) is 0 Å². The SMILES string of the molecule is O=C(Nc1ccc2ccccc2c1)c1ccnc(NC2CC2)c1. The maximum absolute atomic E-state index is 12.4. The summed E-state index contributed by atoms with van der Waals surface area (Å²) in [6.07, 6.45) is 4.02. The van der Waals surface area contributed by atoms with E-state index in [9.17, 15) is 4.79 Å². The second-order valence-electron chi connectivity index (χ2n) is 5.86. The third-order valence-corrected chi connectivity index (χ3v) is 3.96. The lowest BCUT2D eigenvalue weighted by Crippen LogP contribution is -2.13. The molecule has 2 N–H and O–H groups in total. The first-order chi connectivity index (χ1) is 11.3. The van der Waals surface area contributed by atoms with Crippen LogP contribution >= 0.6 is 0 Å². The van der Waals surface area contributed by atoms with Gasteiger partial charge in [0.15, 0.2) is 0 Å². The Morgan fingerprint density at radius 3 is 2.65 bits per heavy atom. The van der Waals surface area contributed by atoms with Crippen LogP contribution in [0.4, 0.5) is 11.5 Å². The van der Waals surface area contributed by atoms with Gasteiger partial charge in [-0.25, -0.2) is 4.98 Å². The number of carbonyl (C=O) groups excluding carboxylic acids is 1. The summed E-state index contributed by atoms with van der Waals surface area (Å²) < 4.78 is 0. The normalized spacial score (nSPS) is 13.7. The van der Waals surface area contributed by atoms with Crippen molar-refractivity contribution < 1.29 is 4.79 Å². The average Bonchev–Trinajstić information content (AvgIpc) is 3.39. The van der Waals surface area contributed by atoms with Gasteiger partial charge >= 0.3 is 0 Å². The van der Waals surface area contributed by atoms with E-state index in [1.807, 2.05) is 36.4 Å². The van der Waals surface area contributed by atoms with Gasteiger partial charge in [-0.05, 0) is 47.9 Å². The van der Waals surface area contributed by atoms with Crippen LogP contribution in [0.3, 0.4) is 0 Å². The minimum atomic E-state index is -0.124. The molecular formula is C19H17N3O. The minimum Gasteiger partial charge on any atom is -0.367 e. The Bertz CT molecular complexity index is 871. The minimum absolute atomic E-state index is 0.124. The Hall–Kier alpha value is -2.88. The van der Waals surface area contributed by atoms with E-state index in [0.717, 1.165) is 22.3 Å². The van der Waals surface area contributed by atoms with Crippen LogP contribution in [0.25, 0.3) is 10.8 Å². The first-order valence-electron chi connectivity index (χ1n) is 7.81. The number of benzene rings is 2. The molecule has 1 fully saturated rings. The molecule has 1 heterocycles. The predicted molar refractivity (Wildman–Crippen MR) is 92.8 cm³/mol. The molecule has 0 aliphatic heterocycles. The summed E-state index contributed by atoms with van der Waals surface area (Å²) in [6.45, 7) is 0. The highest BCUT2D eigenvalue weighted by Gasteiger charge is 2.21. The fraction of sp³-hybridized carbons (Fsp3) is 0.158. The highest BCUT2D eigenvalue weighted by Crippen LogP contribution is 2.24. The molecule has 23 heavy (non-hydrogen) atoms.